The topological polar surface area (TPSA) is 6.48 Å². The second-order valence-electron chi connectivity index (χ2n) is 11.0. The Kier molecular flexibility index (Phi) is 8.82. The molecule has 0 atom stereocenters. The van der Waals surface area contributed by atoms with Crippen LogP contribution in [0.4, 0.5) is 60.5 Å². The second kappa shape index (κ2) is 13.2. The predicted molar refractivity (Wildman–Crippen MR) is 181 cm³/mol. The molecule has 0 bridgehead atoms. The fraction of sp³-hybridized carbons (Fsp3) is 0.0500. The van der Waals surface area contributed by atoms with Crippen LogP contribution in [0.2, 0.25) is 0 Å². The van der Waals surface area contributed by atoms with Crippen molar-refractivity contribution in [2.45, 2.75) is 12.4 Å². The number of nitrogens with zero attached hydrogens (tertiary/aromatic N) is 2. The van der Waals surface area contributed by atoms with Gasteiger partial charge in [-0.25, -0.2) is 0 Å². The van der Waals surface area contributed by atoms with E-state index in [1.54, 1.807) is 6.08 Å². The van der Waals surface area contributed by atoms with Gasteiger partial charge < -0.3 is 9.80 Å². The molecule has 0 heterocycles. The van der Waals surface area contributed by atoms with Crippen LogP contribution < -0.4 is 9.80 Å². The fourth-order valence-electron chi connectivity index (χ4n) is 5.44. The van der Waals surface area contributed by atoms with Crippen molar-refractivity contribution in [3.8, 4) is 11.1 Å². The first-order valence-electron chi connectivity index (χ1n) is 14.9. The van der Waals surface area contributed by atoms with Crippen LogP contribution in [0, 0.1) is 0 Å². The second-order valence-corrected chi connectivity index (χ2v) is 11.0. The zero-order chi connectivity index (χ0) is 33.9. The largest absolute Gasteiger partial charge is 0.416 e. The molecular weight excluding hydrogens is 622 g/mol. The standard InChI is InChI=1S/C40H28F6N2/c1-2-28-8-18-34(19-9-28)48(38-26-16-32(17-27-38)40(44,45)46)36-22-12-30(13-23-36)29-10-20-35(21-11-29)47(33-6-4-3-5-7-33)37-24-14-31(15-25-37)39(41,42)43/h2-27H,1H2. The molecule has 6 aromatic carbocycles. The van der Waals surface area contributed by atoms with Gasteiger partial charge in [0.2, 0.25) is 0 Å². The van der Waals surface area contributed by atoms with Crippen molar-refractivity contribution < 1.29 is 26.3 Å². The Balaban J connectivity index is 1.31. The minimum atomic E-state index is -4.44. The number of anilines is 6. The van der Waals surface area contributed by atoms with Gasteiger partial charge in [0.1, 0.15) is 0 Å². The predicted octanol–water partition coefficient (Wildman–Crippen LogP) is 13.0. The Bertz CT molecular complexity index is 1960. The molecule has 0 saturated carbocycles. The summed E-state index contributed by atoms with van der Waals surface area (Å²) in [7, 11) is 0. The maximum Gasteiger partial charge on any atom is 0.416 e. The van der Waals surface area contributed by atoms with Gasteiger partial charge in [-0.1, -0.05) is 67.3 Å². The van der Waals surface area contributed by atoms with Crippen molar-refractivity contribution >= 4 is 40.2 Å². The van der Waals surface area contributed by atoms with Crippen LogP contribution in [0.5, 0.6) is 0 Å². The lowest BCUT2D eigenvalue weighted by Crippen LogP contribution is -2.11. The van der Waals surface area contributed by atoms with Gasteiger partial charge in [0, 0.05) is 34.1 Å². The zero-order valence-electron chi connectivity index (χ0n) is 25.4. The van der Waals surface area contributed by atoms with Crippen molar-refractivity contribution in [1.29, 1.82) is 0 Å². The summed E-state index contributed by atoms with van der Waals surface area (Å²) in [6.45, 7) is 3.79. The molecule has 0 radical (unpaired) electrons. The average Bonchev–Trinajstić information content (AvgIpc) is 3.10. The molecule has 6 rings (SSSR count). The molecule has 48 heavy (non-hydrogen) atoms. The Morgan fingerprint density at radius 2 is 0.667 bits per heavy atom. The number of halogens is 6. The minimum Gasteiger partial charge on any atom is -0.311 e. The number of hydrogen-bond donors (Lipinski definition) is 0. The molecule has 0 spiro atoms. The Hall–Kier alpha value is -5.76. The van der Waals surface area contributed by atoms with Crippen LogP contribution in [-0.2, 0) is 12.4 Å². The third-order valence-corrected chi connectivity index (χ3v) is 7.89. The van der Waals surface area contributed by atoms with Gasteiger partial charge in [-0.2, -0.15) is 26.3 Å². The molecule has 240 valence electrons. The highest BCUT2D eigenvalue weighted by Gasteiger charge is 2.31. The summed E-state index contributed by atoms with van der Waals surface area (Å²) in [5.41, 5.74) is 5.49. The van der Waals surface area contributed by atoms with E-state index in [1.807, 2.05) is 113 Å². The number of para-hydroxylation sites is 1. The lowest BCUT2D eigenvalue weighted by molar-refractivity contribution is -0.138. The quantitative estimate of drug-likeness (QED) is 0.151. The molecule has 0 amide bonds. The van der Waals surface area contributed by atoms with E-state index in [1.165, 1.54) is 24.3 Å². The van der Waals surface area contributed by atoms with Crippen molar-refractivity contribution in [3.05, 3.63) is 175 Å². The van der Waals surface area contributed by atoms with E-state index < -0.39 is 23.5 Å². The third-order valence-electron chi connectivity index (χ3n) is 7.89. The van der Waals surface area contributed by atoms with Gasteiger partial charge in [0.05, 0.1) is 11.1 Å². The number of alkyl halides is 6. The minimum absolute atomic E-state index is 0.565. The summed E-state index contributed by atoms with van der Waals surface area (Å²) in [6.07, 6.45) is -7.16. The van der Waals surface area contributed by atoms with E-state index in [-0.39, 0.29) is 0 Å². The van der Waals surface area contributed by atoms with Crippen molar-refractivity contribution in [2.75, 3.05) is 9.80 Å². The lowest BCUT2D eigenvalue weighted by atomic mass is 10.0. The molecule has 2 nitrogen and oxygen atoms in total. The lowest BCUT2D eigenvalue weighted by Gasteiger charge is -2.26. The normalized spacial score (nSPS) is 11.6. The Morgan fingerprint density at radius 1 is 0.375 bits per heavy atom. The van der Waals surface area contributed by atoms with E-state index >= 15 is 0 Å². The Labute approximate surface area is 274 Å². The fourth-order valence-corrected chi connectivity index (χ4v) is 5.44. The van der Waals surface area contributed by atoms with E-state index in [0.717, 1.165) is 63.7 Å². The molecule has 8 heteroatoms. The highest BCUT2D eigenvalue weighted by Crippen LogP contribution is 2.40. The van der Waals surface area contributed by atoms with Crippen molar-refractivity contribution in [1.82, 2.24) is 0 Å². The Morgan fingerprint density at radius 3 is 0.979 bits per heavy atom. The third kappa shape index (κ3) is 6.98. The maximum atomic E-state index is 13.3. The number of benzene rings is 6. The molecule has 6 aromatic rings. The highest BCUT2D eigenvalue weighted by molar-refractivity contribution is 5.81. The first-order valence-corrected chi connectivity index (χ1v) is 14.9. The van der Waals surface area contributed by atoms with E-state index in [4.69, 9.17) is 0 Å². The highest BCUT2D eigenvalue weighted by atomic mass is 19.4. The summed E-state index contributed by atoms with van der Waals surface area (Å²) in [5.74, 6) is 0. The first-order chi connectivity index (χ1) is 23.0. The van der Waals surface area contributed by atoms with Crippen LogP contribution in [0.3, 0.4) is 0 Å². The van der Waals surface area contributed by atoms with Gasteiger partial charge in [-0.15, -0.1) is 0 Å². The summed E-state index contributed by atoms with van der Waals surface area (Å²) >= 11 is 0. The van der Waals surface area contributed by atoms with E-state index in [0.29, 0.717) is 11.4 Å². The van der Waals surface area contributed by atoms with Crippen LogP contribution >= 0.6 is 0 Å². The maximum absolute atomic E-state index is 13.3. The molecule has 0 N–H and O–H groups in total. The smallest absolute Gasteiger partial charge is 0.311 e. The number of hydrogen-bond acceptors (Lipinski definition) is 2. The van der Waals surface area contributed by atoms with Gasteiger partial charge in [-0.3, -0.25) is 0 Å². The van der Waals surface area contributed by atoms with Gasteiger partial charge >= 0.3 is 12.4 Å². The molecule has 0 aliphatic heterocycles. The summed E-state index contributed by atoms with van der Waals surface area (Å²) in [5, 5.41) is 0. The van der Waals surface area contributed by atoms with Gasteiger partial charge in [0.25, 0.3) is 0 Å². The molecule has 0 fully saturated rings. The van der Waals surface area contributed by atoms with E-state index in [9.17, 15) is 26.3 Å². The molecule has 0 unspecified atom stereocenters. The molecular formula is C40H28F6N2. The molecule has 0 aliphatic rings. The summed E-state index contributed by atoms with van der Waals surface area (Å²) < 4.78 is 79.6. The molecule has 0 saturated heterocycles. The zero-order valence-corrected chi connectivity index (χ0v) is 25.4. The average molecular weight is 651 g/mol. The van der Waals surface area contributed by atoms with Crippen molar-refractivity contribution in [2.24, 2.45) is 0 Å². The summed E-state index contributed by atoms with van der Waals surface area (Å²) in [6, 6.07) is 42.4. The van der Waals surface area contributed by atoms with Crippen molar-refractivity contribution in [3.63, 3.8) is 0 Å². The van der Waals surface area contributed by atoms with Crippen LogP contribution in [0.15, 0.2) is 158 Å². The molecule has 0 aromatic heterocycles. The number of rotatable bonds is 8. The SMILES string of the molecule is C=Cc1ccc(N(c2ccc(-c3ccc(N(c4ccccc4)c4ccc(C(F)(F)F)cc4)cc3)cc2)c2ccc(C(F)(F)F)cc2)cc1. The van der Waals surface area contributed by atoms with Gasteiger partial charge in [0.15, 0.2) is 0 Å². The monoisotopic (exact) mass is 650 g/mol. The molecule has 0 aliphatic carbocycles. The van der Waals surface area contributed by atoms with Crippen LogP contribution in [-0.4, -0.2) is 0 Å². The summed E-state index contributed by atoms with van der Waals surface area (Å²) in [4.78, 5) is 3.76. The van der Waals surface area contributed by atoms with Gasteiger partial charge in [-0.05, 0) is 114 Å². The van der Waals surface area contributed by atoms with Crippen LogP contribution in [0.25, 0.3) is 17.2 Å². The van der Waals surface area contributed by atoms with E-state index in [2.05, 4.69) is 6.58 Å². The first kappa shape index (κ1) is 32.2. The van der Waals surface area contributed by atoms with Crippen LogP contribution in [0.1, 0.15) is 16.7 Å².